The van der Waals surface area contributed by atoms with Crippen molar-refractivity contribution in [1.29, 1.82) is 0 Å². The van der Waals surface area contributed by atoms with Crippen LogP contribution in [0.4, 0.5) is 45.5 Å². The molecule has 0 radical (unpaired) electrons. The third kappa shape index (κ3) is 8.95. The Morgan fingerprint density at radius 3 is 1.43 bits per heavy atom. The monoisotopic (exact) mass is 824 g/mol. The van der Waals surface area contributed by atoms with E-state index in [1.807, 2.05) is 0 Å². The van der Waals surface area contributed by atoms with Crippen molar-refractivity contribution in [2.24, 2.45) is 5.92 Å². The first-order chi connectivity index (χ1) is 30.7. The summed E-state index contributed by atoms with van der Waals surface area (Å²) in [4.78, 5) is 10.0. The van der Waals surface area contributed by atoms with Crippen molar-refractivity contribution in [1.82, 2.24) is 0 Å². The van der Waals surface area contributed by atoms with Gasteiger partial charge in [-0.1, -0.05) is 127 Å². The molecular weight excluding hydrogens is 765 g/mol. The number of rotatable bonds is 12. The molecule has 0 heterocycles. The normalized spacial score (nSPS) is 20.3. The lowest BCUT2D eigenvalue weighted by atomic mass is 9.83. The summed E-state index contributed by atoms with van der Waals surface area (Å²) in [5.41, 5.74) is 14.2. The zero-order chi connectivity index (χ0) is 43.3. The van der Waals surface area contributed by atoms with Crippen molar-refractivity contribution in [3.63, 3.8) is 0 Å². The van der Waals surface area contributed by atoms with Crippen LogP contribution in [0, 0.1) is 26.7 Å². The molecule has 0 aliphatic heterocycles. The quantitative estimate of drug-likeness (QED) is 0.114. The molecule has 6 aromatic carbocycles. The average Bonchev–Trinajstić information content (AvgIpc) is 3.32. The maximum atomic E-state index is 2.64. The molecule has 9 rings (SSSR count). The highest BCUT2D eigenvalue weighted by Crippen LogP contribution is 2.44. The molecule has 316 valence electrons. The summed E-state index contributed by atoms with van der Waals surface area (Å²) in [5.74, 6) is 0.403. The van der Waals surface area contributed by atoms with E-state index >= 15 is 0 Å². The van der Waals surface area contributed by atoms with Gasteiger partial charge in [-0.25, -0.2) is 0 Å². The lowest BCUT2D eigenvalue weighted by Crippen LogP contribution is -2.49. The first kappa shape index (κ1) is 41.6. The Labute approximate surface area is 376 Å². The third-order valence-electron chi connectivity index (χ3n) is 13.1. The molecule has 4 unspecified atom stereocenters. The second-order valence-corrected chi connectivity index (χ2v) is 17.9. The van der Waals surface area contributed by atoms with Gasteiger partial charge in [-0.15, -0.1) is 0 Å². The highest BCUT2D eigenvalue weighted by atomic mass is 15.2. The Hall–Kier alpha value is -6.78. The van der Waals surface area contributed by atoms with E-state index in [9.17, 15) is 0 Å². The second kappa shape index (κ2) is 18.3. The van der Waals surface area contributed by atoms with E-state index < -0.39 is 0 Å². The highest BCUT2D eigenvalue weighted by molar-refractivity contribution is 5.79. The lowest BCUT2D eigenvalue weighted by molar-refractivity contribution is 0.438. The van der Waals surface area contributed by atoms with Gasteiger partial charge in [-0.3, -0.25) is 0 Å². The molecule has 4 atom stereocenters. The largest absolute Gasteiger partial charge is 0.358 e. The van der Waals surface area contributed by atoms with E-state index in [0.717, 1.165) is 54.1 Å². The number of aryl methyl sites for hydroxylation is 3. The zero-order valence-corrected chi connectivity index (χ0v) is 37.5. The first-order valence-corrected chi connectivity index (χ1v) is 22.8. The molecular formula is C59H60N4. The van der Waals surface area contributed by atoms with Crippen LogP contribution in [0.2, 0.25) is 0 Å². The number of nitrogens with zero attached hydrogens (tertiary/aromatic N) is 4. The predicted octanol–water partition coefficient (Wildman–Crippen LogP) is 15.7. The Kier molecular flexibility index (Phi) is 12.1. The van der Waals surface area contributed by atoms with Gasteiger partial charge in [0.05, 0.1) is 11.6 Å². The molecule has 3 aliphatic carbocycles. The topological polar surface area (TPSA) is 13.0 Å². The summed E-state index contributed by atoms with van der Waals surface area (Å²) >= 11 is 0. The number of allylic oxidation sites excluding steroid dienone is 6. The number of hydrogen-bond donors (Lipinski definition) is 0. The Morgan fingerprint density at radius 2 is 0.937 bits per heavy atom. The fraction of sp³-hybridized carbons (Fsp3) is 0.220. The van der Waals surface area contributed by atoms with Crippen LogP contribution in [-0.2, 0) is 0 Å². The lowest BCUT2D eigenvalue weighted by Gasteiger charge is -2.47. The van der Waals surface area contributed by atoms with Crippen LogP contribution in [0.5, 0.6) is 0 Å². The number of hydrogen-bond acceptors (Lipinski definition) is 4. The molecule has 4 nitrogen and oxygen atoms in total. The number of benzene rings is 6. The molecule has 0 spiro atoms. The van der Waals surface area contributed by atoms with Crippen LogP contribution >= 0.6 is 0 Å². The minimum Gasteiger partial charge on any atom is -0.358 e. The molecule has 63 heavy (non-hydrogen) atoms. The smallest absolute Gasteiger partial charge is 0.0607 e. The molecule has 0 N–H and O–H groups in total. The Morgan fingerprint density at radius 1 is 0.460 bits per heavy atom. The molecule has 0 aromatic heterocycles. The van der Waals surface area contributed by atoms with Gasteiger partial charge >= 0.3 is 0 Å². The van der Waals surface area contributed by atoms with Crippen molar-refractivity contribution in [2.45, 2.75) is 77.9 Å². The van der Waals surface area contributed by atoms with Crippen LogP contribution in [-0.4, -0.2) is 17.6 Å². The minimum absolute atomic E-state index is 0.269. The number of para-hydroxylation sites is 1. The van der Waals surface area contributed by atoms with Crippen molar-refractivity contribution < 1.29 is 0 Å². The molecule has 0 bridgehead atoms. The summed E-state index contributed by atoms with van der Waals surface area (Å²) in [6.45, 7) is 11.2. The molecule has 0 fully saturated rings. The van der Waals surface area contributed by atoms with Gasteiger partial charge in [0.2, 0.25) is 0 Å². The van der Waals surface area contributed by atoms with Crippen molar-refractivity contribution in [3.8, 4) is 0 Å². The zero-order valence-electron chi connectivity index (χ0n) is 37.5. The van der Waals surface area contributed by atoms with Gasteiger partial charge in [0, 0.05) is 63.2 Å². The van der Waals surface area contributed by atoms with Gasteiger partial charge in [0.25, 0.3) is 0 Å². The SMILES string of the molecule is Cc1ccc(N(C2=CC=CCC2C)c2ccc(N(c3ccc(N(c4ccccc4)c4ccc(C)cc4)cc3)C3(C)C=CC(N(c4ccc(C)cc4)C4C=CC=CC4)CC3)cc2)cc1. The first-order valence-electron chi connectivity index (χ1n) is 22.8. The number of anilines is 8. The summed E-state index contributed by atoms with van der Waals surface area (Å²) in [6.07, 6.45) is 24.9. The molecule has 0 saturated carbocycles. The van der Waals surface area contributed by atoms with Crippen LogP contribution in [0.1, 0.15) is 56.2 Å². The summed E-state index contributed by atoms with van der Waals surface area (Å²) in [6, 6.07) is 56.6. The standard InChI is InChI=1S/C59H60N4/c1-44-20-26-50(27-21-44)60(48-15-8-6-9-16-48)52-32-36-56(37-33-52)63(57-38-34-54(35-39-57)62(53-30-24-46(3)25-31-53)58-19-13-12-14-47(58)4)59(5)42-40-55(41-43-59)61(49-17-10-7-11-18-49)51-28-22-45(2)23-29-51/h6-13,15-17,19-40,42,47,49,55H,14,18,41,43H2,1-5H3. The Bertz CT molecular complexity index is 2620. The van der Waals surface area contributed by atoms with Gasteiger partial charge in [0.1, 0.15) is 0 Å². The molecule has 0 saturated heterocycles. The molecule has 0 amide bonds. The fourth-order valence-electron chi connectivity index (χ4n) is 9.60. The third-order valence-corrected chi connectivity index (χ3v) is 13.1. The van der Waals surface area contributed by atoms with E-state index in [-0.39, 0.29) is 11.6 Å². The molecule has 3 aliphatic rings. The van der Waals surface area contributed by atoms with Gasteiger partial charge in [0.15, 0.2) is 0 Å². The molecule has 4 heteroatoms. The highest BCUT2D eigenvalue weighted by Gasteiger charge is 2.37. The van der Waals surface area contributed by atoms with E-state index in [1.54, 1.807) is 0 Å². The van der Waals surface area contributed by atoms with Crippen molar-refractivity contribution >= 4 is 45.5 Å². The van der Waals surface area contributed by atoms with E-state index in [2.05, 4.69) is 261 Å². The van der Waals surface area contributed by atoms with E-state index in [1.165, 1.54) is 39.4 Å². The van der Waals surface area contributed by atoms with Gasteiger partial charge in [-0.05, 0) is 157 Å². The summed E-state index contributed by atoms with van der Waals surface area (Å²) in [5, 5.41) is 0. The minimum atomic E-state index is -0.293. The van der Waals surface area contributed by atoms with Crippen LogP contribution in [0.15, 0.2) is 212 Å². The van der Waals surface area contributed by atoms with Crippen molar-refractivity contribution in [3.05, 3.63) is 229 Å². The van der Waals surface area contributed by atoms with E-state index in [0.29, 0.717) is 12.0 Å². The maximum Gasteiger partial charge on any atom is 0.0607 e. The second-order valence-electron chi connectivity index (χ2n) is 17.9. The fourth-order valence-corrected chi connectivity index (χ4v) is 9.60. The predicted molar refractivity (Wildman–Crippen MR) is 270 cm³/mol. The maximum absolute atomic E-state index is 2.64. The summed E-state index contributed by atoms with van der Waals surface area (Å²) in [7, 11) is 0. The average molecular weight is 825 g/mol. The Balaban J connectivity index is 1.11. The molecule has 6 aromatic rings. The van der Waals surface area contributed by atoms with Crippen LogP contribution < -0.4 is 19.6 Å². The van der Waals surface area contributed by atoms with E-state index in [4.69, 9.17) is 0 Å². The van der Waals surface area contributed by atoms with Crippen molar-refractivity contribution in [2.75, 3.05) is 19.6 Å². The van der Waals surface area contributed by atoms with Gasteiger partial charge < -0.3 is 19.6 Å². The van der Waals surface area contributed by atoms with Gasteiger partial charge in [-0.2, -0.15) is 0 Å². The van der Waals surface area contributed by atoms with Crippen LogP contribution in [0.25, 0.3) is 0 Å². The summed E-state index contributed by atoms with van der Waals surface area (Å²) < 4.78 is 0. The van der Waals surface area contributed by atoms with Crippen LogP contribution in [0.3, 0.4) is 0 Å².